The van der Waals surface area contributed by atoms with E-state index in [1.807, 2.05) is 24.3 Å². The maximum absolute atomic E-state index is 13.1. The normalized spacial score (nSPS) is 14.8. The summed E-state index contributed by atoms with van der Waals surface area (Å²) in [7, 11) is 0. The van der Waals surface area contributed by atoms with Crippen molar-refractivity contribution in [1.29, 1.82) is 0 Å². The Morgan fingerprint density at radius 1 is 1.33 bits per heavy atom. The second-order valence-electron chi connectivity index (χ2n) is 8.30. The Morgan fingerprint density at radius 2 is 2.00 bits per heavy atom. The van der Waals surface area contributed by atoms with Crippen molar-refractivity contribution in [1.82, 2.24) is 14.5 Å². The van der Waals surface area contributed by atoms with Crippen LogP contribution in [0.1, 0.15) is 50.7 Å². The minimum Gasteiger partial charge on any atom is -0.444 e. The monoisotopic (exact) mass is 526 g/mol. The second kappa shape index (κ2) is 8.93. The number of halogens is 1. The summed E-state index contributed by atoms with van der Waals surface area (Å²) in [5.74, 6) is 0.318. The Kier molecular flexibility index (Phi) is 6.71. The molecule has 0 aliphatic carbocycles. The number of amides is 1. The van der Waals surface area contributed by atoms with Crippen LogP contribution in [-0.4, -0.2) is 37.8 Å². The standard InChI is InChI=1S/C21H27IN4O4/c1-13(27)26-18(28)16-12-25(20(29)30-21(2,3)4)10-9-17(16)24-19(26)23-11-14-5-7-15(22)8-6-14/h5-8,13,27H,9-12H2,1-4H3,(H,23,24). The number of hydrogen-bond donors (Lipinski definition) is 2. The van der Waals surface area contributed by atoms with Gasteiger partial charge in [0.05, 0.1) is 17.8 Å². The minimum absolute atomic E-state index is 0.111. The molecule has 0 spiro atoms. The van der Waals surface area contributed by atoms with Crippen LogP contribution in [0.5, 0.6) is 0 Å². The molecule has 0 saturated heterocycles. The molecular weight excluding hydrogens is 499 g/mol. The van der Waals surface area contributed by atoms with Crippen molar-refractivity contribution < 1.29 is 14.6 Å². The van der Waals surface area contributed by atoms with Crippen LogP contribution < -0.4 is 10.9 Å². The van der Waals surface area contributed by atoms with Gasteiger partial charge in [-0.25, -0.2) is 9.78 Å². The molecule has 1 aliphatic heterocycles. The summed E-state index contributed by atoms with van der Waals surface area (Å²) >= 11 is 2.24. The second-order valence-corrected chi connectivity index (χ2v) is 9.55. The summed E-state index contributed by atoms with van der Waals surface area (Å²) in [4.78, 5) is 31.7. The first-order valence-corrected chi connectivity index (χ1v) is 10.9. The van der Waals surface area contributed by atoms with E-state index in [9.17, 15) is 14.7 Å². The summed E-state index contributed by atoms with van der Waals surface area (Å²) in [5.41, 5.74) is 1.12. The maximum atomic E-state index is 13.1. The fourth-order valence-electron chi connectivity index (χ4n) is 3.23. The number of ether oxygens (including phenoxy) is 1. The van der Waals surface area contributed by atoms with E-state index in [0.717, 1.165) is 9.13 Å². The number of hydrogen-bond acceptors (Lipinski definition) is 6. The Bertz CT molecular complexity index is 980. The van der Waals surface area contributed by atoms with Gasteiger partial charge in [0, 0.05) is 23.1 Å². The Hall–Kier alpha value is -2.14. The van der Waals surface area contributed by atoms with Crippen molar-refractivity contribution in [2.24, 2.45) is 0 Å². The van der Waals surface area contributed by atoms with E-state index >= 15 is 0 Å². The molecule has 1 aromatic carbocycles. The van der Waals surface area contributed by atoms with Gasteiger partial charge in [-0.3, -0.25) is 9.36 Å². The van der Waals surface area contributed by atoms with Gasteiger partial charge in [-0.1, -0.05) is 12.1 Å². The Morgan fingerprint density at radius 3 is 2.60 bits per heavy atom. The average molecular weight is 526 g/mol. The summed E-state index contributed by atoms with van der Waals surface area (Å²) < 4.78 is 7.79. The van der Waals surface area contributed by atoms with Gasteiger partial charge in [0.15, 0.2) is 0 Å². The van der Waals surface area contributed by atoms with Crippen LogP contribution in [0.4, 0.5) is 10.7 Å². The number of aromatic nitrogens is 2. The highest BCUT2D eigenvalue weighted by molar-refractivity contribution is 14.1. The zero-order chi connectivity index (χ0) is 22.1. The number of benzene rings is 1. The molecule has 0 saturated carbocycles. The molecule has 30 heavy (non-hydrogen) atoms. The SMILES string of the molecule is CC(O)n1c(NCc2ccc(I)cc2)nc2c(c1=O)CN(C(=O)OC(C)(C)C)CC2. The van der Waals surface area contributed by atoms with Crippen LogP contribution in [0.15, 0.2) is 29.1 Å². The number of carbonyl (C=O) groups is 1. The predicted octanol–water partition coefficient (Wildman–Crippen LogP) is 3.26. The minimum atomic E-state index is -1.06. The van der Waals surface area contributed by atoms with Gasteiger partial charge < -0.3 is 20.1 Å². The van der Waals surface area contributed by atoms with Gasteiger partial charge in [0.1, 0.15) is 11.8 Å². The zero-order valence-electron chi connectivity index (χ0n) is 17.6. The molecule has 9 heteroatoms. The average Bonchev–Trinajstić information content (AvgIpc) is 2.65. The number of fused-ring (bicyclic) bond motifs is 1. The molecule has 0 radical (unpaired) electrons. The molecule has 2 N–H and O–H groups in total. The molecule has 0 bridgehead atoms. The van der Waals surface area contributed by atoms with E-state index < -0.39 is 17.9 Å². The molecule has 2 aromatic rings. The molecule has 162 valence electrons. The molecule has 1 aliphatic rings. The third-order valence-electron chi connectivity index (χ3n) is 4.65. The largest absolute Gasteiger partial charge is 0.444 e. The molecule has 1 amide bonds. The summed E-state index contributed by atoms with van der Waals surface area (Å²) in [5, 5.41) is 13.4. The molecule has 3 rings (SSSR count). The Labute approximate surface area is 189 Å². The zero-order valence-corrected chi connectivity index (χ0v) is 19.8. The highest BCUT2D eigenvalue weighted by atomic mass is 127. The van der Waals surface area contributed by atoms with E-state index in [0.29, 0.717) is 36.7 Å². The fourth-order valence-corrected chi connectivity index (χ4v) is 3.59. The molecule has 8 nitrogen and oxygen atoms in total. The van der Waals surface area contributed by atoms with Crippen molar-refractivity contribution in [3.05, 3.63) is 55.0 Å². The van der Waals surface area contributed by atoms with Crippen LogP contribution in [0.2, 0.25) is 0 Å². The number of rotatable bonds is 4. The molecular formula is C21H27IN4O4. The van der Waals surface area contributed by atoms with Gasteiger partial charge in [-0.2, -0.15) is 0 Å². The number of carbonyl (C=O) groups excluding carboxylic acids is 1. The fraction of sp³-hybridized carbons (Fsp3) is 0.476. The highest BCUT2D eigenvalue weighted by Gasteiger charge is 2.29. The van der Waals surface area contributed by atoms with Crippen molar-refractivity contribution in [3.63, 3.8) is 0 Å². The van der Waals surface area contributed by atoms with Crippen molar-refractivity contribution in [3.8, 4) is 0 Å². The predicted molar refractivity (Wildman–Crippen MR) is 122 cm³/mol. The quantitative estimate of drug-likeness (QED) is 0.594. The third kappa shape index (κ3) is 5.31. The lowest BCUT2D eigenvalue weighted by Crippen LogP contribution is -2.44. The van der Waals surface area contributed by atoms with E-state index in [1.54, 1.807) is 20.8 Å². The summed E-state index contributed by atoms with van der Waals surface area (Å²) in [6, 6.07) is 8.00. The van der Waals surface area contributed by atoms with Gasteiger partial charge >= 0.3 is 6.09 Å². The van der Waals surface area contributed by atoms with E-state index in [4.69, 9.17) is 4.74 Å². The lowest BCUT2D eigenvalue weighted by atomic mass is 10.1. The molecule has 1 aromatic heterocycles. The Balaban J connectivity index is 1.86. The summed E-state index contributed by atoms with van der Waals surface area (Å²) in [6.45, 7) is 7.92. The topological polar surface area (TPSA) is 96.7 Å². The van der Waals surface area contributed by atoms with Crippen LogP contribution in [-0.2, 0) is 24.2 Å². The maximum Gasteiger partial charge on any atom is 0.410 e. The van der Waals surface area contributed by atoms with Gasteiger partial charge in [0.2, 0.25) is 5.95 Å². The van der Waals surface area contributed by atoms with E-state index in [2.05, 4.69) is 32.9 Å². The van der Waals surface area contributed by atoms with Crippen LogP contribution >= 0.6 is 22.6 Å². The third-order valence-corrected chi connectivity index (χ3v) is 5.37. The summed E-state index contributed by atoms with van der Waals surface area (Å²) in [6.07, 6.45) is -1.08. The molecule has 1 atom stereocenters. The van der Waals surface area contributed by atoms with Crippen LogP contribution in [0.25, 0.3) is 0 Å². The molecule has 0 fully saturated rings. The smallest absolute Gasteiger partial charge is 0.410 e. The molecule has 2 heterocycles. The lowest BCUT2D eigenvalue weighted by molar-refractivity contribution is 0.0220. The number of aliphatic hydroxyl groups excluding tert-OH is 1. The number of nitrogens with zero attached hydrogens (tertiary/aromatic N) is 3. The number of anilines is 1. The first-order chi connectivity index (χ1) is 14.0. The highest BCUT2D eigenvalue weighted by Crippen LogP contribution is 2.21. The number of nitrogens with one attached hydrogen (secondary N) is 1. The first-order valence-electron chi connectivity index (χ1n) is 9.84. The van der Waals surface area contributed by atoms with E-state index in [1.165, 1.54) is 16.4 Å². The van der Waals surface area contributed by atoms with E-state index in [-0.39, 0.29) is 12.1 Å². The van der Waals surface area contributed by atoms with Gasteiger partial charge in [-0.05, 0) is 68.0 Å². The van der Waals surface area contributed by atoms with Crippen molar-refractivity contribution in [2.45, 2.75) is 59.0 Å². The van der Waals surface area contributed by atoms with Gasteiger partial charge in [-0.15, -0.1) is 0 Å². The van der Waals surface area contributed by atoms with Crippen molar-refractivity contribution in [2.75, 3.05) is 11.9 Å². The first kappa shape index (κ1) is 22.5. The molecule has 1 unspecified atom stereocenters. The van der Waals surface area contributed by atoms with Gasteiger partial charge in [0.25, 0.3) is 5.56 Å². The van der Waals surface area contributed by atoms with Crippen LogP contribution in [0.3, 0.4) is 0 Å². The number of aliphatic hydroxyl groups is 1. The lowest BCUT2D eigenvalue weighted by Gasteiger charge is -2.31. The van der Waals surface area contributed by atoms with Crippen LogP contribution in [0, 0.1) is 3.57 Å². The van der Waals surface area contributed by atoms with Crippen molar-refractivity contribution >= 4 is 34.6 Å².